The van der Waals surface area contributed by atoms with E-state index in [0.29, 0.717) is 16.5 Å². The third-order valence-corrected chi connectivity index (χ3v) is 6.40. The van der Waals surface area contributed by atoms with Crippen molar-refractivity contribution in [2.45, 2.75) is 19.3 Å². The molecule has 0 saturated carbocycles. The summed E-state index contributed by atoms with van der Waals surface area (Å²) in [5, 5.41) is 5.62. The number of benzene rings is 2. The summed E-state index contributed by atoms with van der Waals surface area (Å²) >= 11 is 7.51. The second kappa shape index (κ2) is 8.13. The molecule has 2 aromatic carbocycles. The van der Waals surface area contributed by atoms with E-state index in [1.807, 2.05) is 47.8 Å². The summed E-state index contributed by atoms with van der Waals surface area (Å²) in [5.74, 6) is 0.359. The molecule has 1 aliphatic carbocycles. The predicted octanol–water partition coefficient (Wildman–Crippen LogP) is 5.39. The third-order valence-electron chi connectivity index (χ3n) is 5.27. The molecule has 0 atom stereocenters. The van der Waals surface area contributed by atoms with Crippen LogP contribution in [0.25, 0.3) is 21.8 Å². The Morgan fingerprint density at radius 3 is 2.68 bits per heavy atom. The van der Waals surface area contributed by atoms with Gasteiger partial charge in [-0.2, -0.15) is 0 Å². The zero-order valence-corrected chi connectivity index (χ0v) is 18.1. The van der Waals surface area contributed by atoms with Crippen molar-refractivity contribution in [3.8, 4) is 21.8 Å². The minimum Gasteiger partial charge on any atom is -0.399 e. The van der Waals surface area contributed by atoms with Crippen LogP contribution in [-0.2, 0) is 24.1 Å². The second-order valence-corrected chi connectivity index (χ2v) is 8.85. The number of rotatable bonds is 4. The summed E-state index contributed by atoms with van der Waals surface area (Å²) < 4.78 is 0. The predicted molar refractivity (Wildman–Crippen MR) is 126 cm³/mol. The van der Waals surface area contributed by atoms with Gasteiger partial charge in [-0.1, -0.05) is 35.9 Å². The molecular formula is C24H19ClN4OS. The van der Waals surface area contributed by atoms with Gasteiger partial charge in [0.05, 0.1) is 22.7 Å². The van der Waals surface area contributed by atoms with Gasteiger partial charge in [-0.05, 0) is 59.7 Å². The van der Waals surface area contributed by atoms with Crippen LogP contribution < -0.4 is 11.1 Å². The van der Waals surface area contributed by atoms with E-state index in [1.165, 1.54) is 5.56 Å². The van der Waals surface area contributed by atoms with Gasteiger partial charge in [-0.15, -0.1) is 11.3 Å². The summed E-state index contributed by atoms with van der Waals surface area (Å²) in [6.07, 6.45) is 1.84. The standard InChI is InChI=1S/C24H19ClN4OS/c25-16-6-3-14(4-7-16)12-21(30)28-24-23(20-2-1-11-31-20)29-22-18-9-8-17(26)13-15(18)5-10-19(22)27-24/h1-4,6-9,11,13H,5,10,12,26H2,(H,27,28,30). The smallest absolute Gasteiger partial charge is 0.230 e. The van der Waals surface area contributed by atoms with Crippen LogP contribution in [0.15, 0.2) is 60.0 Å². The number of fused-ring (bicyclic) bond motifs is 3. The molecule has 0 saturated heterocycles. The average molecular weight is 447 g/mol. The first kappa shape index (κ1) is 19.7. The van der Waals surface area contributed by atoms with Crippen molar-refractivity contribution in [3.63, 3.8) is 0 Å². The van der Waals surface area contributed by atoms with Gasteiger partial charge >= 0.3 is 0 Å². The van der Waals surface area contributed by atoms with Crippen LogP contribution in [0.1, 0.15) is 16.8 Å². The molecule has 0 fully saturated rings. The number of aryl methyl sites for hydroxylation is 2. The van der Waals surface area contributed by atoms with E-state index in [-0.39, 0.29) is 12.3 Å². The summed E-state index contributed by atoms with van der Waals surface area (Å²) in [6.45, 7) is 0. The lowest BCUT2D eigenvalue weighted by molar-refractivity contribution is -0.115. The minimum absolute atomic E-state index is 0.140. The number of hydrogen-bond acceptors (Lipinski definition) is 5. The van der Waals surface area contributed by atoms with Crippen LogP contribution >= 0.6 is 22.9 Å². The van der Waals surface area contributed by atoms with E-state index >= 15 is 0 Å². The van der Waals surface area contributed by atoms with E-state index in [4.69, 9.17) is 27.3 Å². The Bertz CT molecular complexity index is 1270. The number of nitrogen functional groups attached to an aromatic ring is 1. The Kier molecular flexibility index (Phi) is 5.18. The number of carbonyl (C=O) groups excluding carboxylic acids is 1. The topological polar surface area (TPSA) is 80.9 Å². The van der Waals surface area contributed by atoms with Crippen LogP contribution in [0.4, 0.5) is 11.5 Å². The molecule has 1 aliphatic rings. The highest BCUT2D eigenvalue weighted by Gasteiger charge is 2.23. The molecule has 154 valence electrons. The summed E-state index contributed by atoms with van der Waals surface area (Å²) in [7, 11) is 0. The molecule has 7 heteroatoms. The fourth-order valence-electron chi connectivity index (χ4n) is 3.80. The average Bonchev–Trinajstić information content (AvgIpc) is 3.29. The summed E-state index contributed by atoms with van der Waals surface area (Å²) in [6, 6.07) is 17.1. The maximum Gasteiger partial charge on any atom is 0.230 e. The molecule has 0 spiro atoms. The highest BCUT2D eigenvalue weighted by atomic mass is 35.5. The van der Waals surface area contributed by atoms with E-state index in [9.17, 15) is 4.79 Å². The third kappa shape index (κ3) is 4.04. The van der Waals surface area contributed by atoms with E-state index in [0.717, 1.165) is 45.9 Å². The van der Waals surface area contributed by atoms with Crippen molar-refractivity contribution in [2.24, 2.45) is 0 Å². The minimum atomic E-state index is -0.140. The van der Waals surface area contributed by atoms with Crippen LogP contribution in [0.2, 0.25) is 5.02 Å². The summed E-state index contributed by atoms with van der Waals surface area (Å²) in [5.41, 5.74) is 12.3. The van der Waals surface area contributed by atoms with Gasteiger partial charge in [0.1, 0.15) is 5.69 Å². The molecule has 5 nitrogen and oxygen atoms in total. The van der Waals surface area contributed by atoms with E-state index < -0.39 is 0 Å². The van der Waals surface area contributed by atoms with Crippen LogP contribution in [0.3, 0.4) is 0 Å². The van der Waals surface area contributed by atoms with Crippen LogP contribution in [0, 0.1) is 0 Å². The molecule has 0 aliphatic heterocycles. The van der Waals surface area contributed by atoms with Crippen LogP contribution in [0.5, 0.6) is 0 Å². The molecule has 4 aromatic rings. The number of nitrogens with one attached hydrogen (secondary N) is 1. The first-order valence-electron chi connectivity index (χ1n) is 9.94. The second-order valence-electron chi connectivity index (χ2n) is 7.46. The number of carbonyl (C=O) groups is 1. The SMILES string of the molecule is Nc1ccc2c(c1)CCc1nc(NC(=O)Cc3ccc(Cl)cc3)c(-c3cccs3)nc1-2. The normalized spacial score (nSPS) is 12.2. The van der Waals surface area contributed by atoms with Crippen molar-refractivity contribution in [1.82, 2.24) is 9.97 Å². The number of nitrogens with zero attached hydrogens (tertiary/aromatic N) is 2. The molecule has 0 bridgehead atoms. The lowest BCUT2D eigenvalue weighted by atomic mass is 9.91. The monoisotopic (exact) mass is 446 g/mol. The van der Waals surface area contributed by atoms with Crippen LogP contribution in [-0.4, -0.2) is 15.9 Å². The molecule has 1 amide bonds. The lowest BCUT2D eigenvalue weighted by Crippen LogP contribution is -2.18. The Morgan fingerprint density at radius 2 is 1.90 bits per heavy atom. The van der Waals surface area contributed by atoms with Gasteiger partial charge in [0.15, 0.2) is 5.82 Å². The molecule has 2 heterocycles. The molecule has 5 rings (SSSR count). The lowest BCUT2D eigenvalue weighted by Gasteiger charge is -2.21. The van der Waals surface area contributed by atoms with Gasteiger partial charge in [-0.25, -0.2) is 9.97 Å². The first-order valence-corrected chi connectivity index (χ1v) is 11.2. The molecule has 3 N–H and O–H groups in total. The Balaban J connectivity index is 1.52. The van der Waals surface area contributed by atoms with Crippen molar-refractivity contribution in [2.75, 3.05) is 11.1 Å². The molecular weight excluding hydrogens is 428 g/mol. The zero-order valence-electron chi connectivity index (χ0n) is 16.6. The molecule has 31 heavy (non-hydrogen) atoms. The molecule has 0 radical (unpaired) electrons. The number of thiophene rings is 1. The van der Waals surface area contributed by atoms with E-state index in [1.54, 1.807) is 23.5 Å². The van der Waals surface area contributed by atoms with Crippen molar-refractivity contribution >= 4 is 40.4 Å². The fourth-order valence-corrected chi connectivity index (χ4v) is 4.64. The Hall–Kier alpha value is -3.22. The van der Waals surface area contributed by atoms with E-state index in [2.05, 4.69) is 5.32 Å². The maximum atomic E-state index is 12.8. The van der Waals surface area contributed by atoms with Crippen molar-refractivity contribution in [3.05, 3.63) is 81.8 Å². The molecule has 2 aromatic heterocycles. The van der Waals surface area contributed by atoms with Crippen molar-refractivity contribution < 1.29 is 4.79 Å². The Labute approximate surface area is 188 Å². The highest BCUT2D eigenvalue weighted by Crippen LogP contribution is 2.37. The summed E-state index contributed by atoms with van der Waals surface area (Å²) in [4.78, 5) is 23.5. The number of hydrogen-bond donors (Lipinski definition) is 2. The maximum absolute atomic E-state index is 12.8. The zero-order chi connectivity index (χ0) is 21.4. The first-order chi connectivity index (χ1) is 15.1. The van der Waals surface area contributed by atoms with Gasteiger partial charge < -0.3 is 11.1 Å². The fraction of sp³-hybridized carbons (Fsp3) is 0.125. The quantitative estimate of drug-likeness (QED) is 0.412. The highest BCUT2D eigenvalue weighted by molar-refractivity contribution is 7.13. The largest absolute Gasteiger partial charge is 0.399 e. The Morgan fingerprint density at radius 1 is 1.06 bits per heavy atom. The van der Waals surface area contributed by atoms with Gasteiger partial charge in [0.2, 0.25) is 5.91 Å². The van der Waals surface area contributed by atoms with Gasteiger partial charge in [0.25, 0.3) is 0 Å². The number of nitrogens with two attached hydrogens (primary N) is 1. The van der Waals surface area contributed by atoms with Gasteiger partial charge in [0, 0.05) is 16.3 Å². The molecule has 0 unspecified atom stereocenters. The number of amides is 1. The number of anilines is 2. The number of aromatic nitrogens is 2. The van der Waals surface area contributed by atoms with Crippen molar-refractivity contribution in [1.29, 1.82) is 0 Å². The van der Waals surface area contributed by atoms with Gasteiger partial charge in [-0.3, -0.25) is 4.79 Å². The number of halogens is 1.